The van der Waals surface area contributed by atoms with Crippen LogP contribution in [0.3, 0.4) is 0 Å². The van der Waals surface area contributed by atoms with E-state index in [1.165, 1.54) is 11.1 Å². The van der Waals surface area contributed by atoms with E-state index in [1.54, 1.807) is 0 Å². The van der Waals surface area contributed by atoms with Crippen molar-refractivity contribution in [2.75, 3.05) is 0 Å². The largest absolute Gasteiger partial charge is 0.409 e. The standard InChI is InChI=1S/C16H21N3O2/c1-10-8-16(9-10,14(17)19-21)15(20)18-13-6-11-4-2-3-5-12(11)7-13/h2-5,10,13,21H,6-9H2,1H3,(H2,17,19)(H,18,20). The van der Waals surface area contributed by atoms with Crippen molar-refractivity contribution in [3.63, 3.8) is 0 Å². The molecule has 3 rings (SSSR count). The third-order valence-corrected chi connectivity index (χ3v) is 4.81. The van der Waals surface area contributed by atoms with E-state index in [9.17, 15) is 4.79 Å². The molecule has 0 spiro atoms. The van der Waals surface area contributed by atoms with Gasteiger partial charge in [-0.25, -0.2) is 0 Å². The molecule has 1 fully saturated rings. The van der Waals surface area contributed by atoms with Crippen molar-refractivity contribution < 1.29 is 10.0 Å². The summed E-state index contributed by atoms with van der Waals surface area (Å²) in [5.74, 6) is 0.360. The van der Waals surface area contributed by atoms with Crippen molar-refractivity contribution >= 4 is 11.7 Å². The first kappa shape index (κ1) is 13.9. The van der Waals surface area contributed by atoms with Gasteiger partial charge in [0.15, 0.2) is 5.84 Å². The predicted octanol–water partition coefficient (Wildman–Crippen LogP) is 1.43. The Balaban J connectivity index is 1.70. The number of hydrogen-bond donors (Lipinski definition) is 3. The molecule has 1 aromatic rings. The average molecular weight is 287 g/mol. The minimum atomic E-state index is -0.817. The van der Waals surface area contributed by atoms with Gasteiger partial charge in [0.25, 0.3) is 0 Å². The molecule has 0 aliphatic heterocycles. The number of fused-ring (bicyclic) bond motifs is 1. The highest BCUT2D eigenvalue weighted by molar-refractivity contribution is 6.07. The van der Waals surface area contributed by atoms with Crippen LogP contribution in [0.1, 0.15) is 30.9 Å². The molecule has 0 heterocycles. The topological polar surface area (TPSA) is 87.7 Å². The van der Waals surface area contributed by atoms with Gasteiger partial charge in [0.1, 0.15) is 5.41 Å². The Morgan fingerprint density at radius 3 is 2.38 bits per heavy atom. The van der Waals surface area contributed by atoms with Gasteiger partial charge in [0, 0.05) is 6.04 Å². The van der Waals surface area contributed by atoms with Crippen LogP contribution >= 0.6 is 0 Å². The van der Waals surface area contributed by atoms with Gasteiger partial charge in [-0.2, -0.15) is 0 Å². The maximum absolute atomic E-state index is 12.6. The van der Waals surface area contributed by atoms with E-state index in [0.29, 0.717) is 18.8 Å². The summed E-state index contributed by atoms with van der Waals surface area (Å²) in [4.78, 5) is 12.6. The molecule has 112 valence electrons. The number of amides is 1. The highest BCUT2D eigenvalue weighted by atomic mass is 16.4. The van der Waals surface area contributed by atoms with Crippen LogP contribution in [0.2, 0.25) is 0 Å². The Kier molecular flexibility index (Phi) is 3.35. The smallest absolute Gasteiger partial charge is 0.234 e. The van der Waals surface area contributed by atoms with Crippen molar-refractivity contribution in [3.05, 3.63) is 35.4 Å². The highest BCUT2D eigenvalue weighted by Crippen LogP contribution is 2.46. The lowest BCUT2D eigenvalue weighted by atomic mass is 9.61. The fourth-order valence-corrected chi connectivity index (χ4v) is 3.72. The number of carbonyl (C=O) groups excluding carboxylic acids is 1. The minimum absolute atomic E-state index is 0.0358. The first-order valence-corrected chi connectivity index (χ1v) is 7.41. The van der Waals surface area contributed by atoms with Crippen LogP contribution in [0.25, 0.3) is 0 Å². The molecule has 0 atom stereocenters. The second-order valence-corrected chi connectivity index (χ2v) is 6.43. The molecule has 4 N–H and O–H groups in total. The second-order valence-electron chi connectivity index (χ2n) is 6.43. The van der Waals surface area contributed by atoms with Crippen molar-refractivity contribution in [1.29, 1.82) is 0 Å². The Hall–Kier alpha value is -2.04. The molecule has 21 heavy (non-hydrogen) atoms. The maximum atomic E-state index is 12.6. The van der Waals surface area contributed by atoms with E-state index in [2.05, 4.69) is 29.5 Å². The number of rotatable bonds is 3. The molecule has 0 radical (unpaired) electrons. The van der Waals surface area contributed by atoms with Crippen molar-refractivity contribution in [2.45, 2.75) is 38.6 Å². The number of nitrogens with zero attached hydrogens (tertiary/aromatic N) is 1. The number of benzene rings is 1. The summed E-state index contributed by atoms with van der Waals surface area (Å²) in [6.45, 7) is 2.07. The lowest BCUT2D eigenvalue weighted by Crippen LogP contribution is -2.58. The van der Waals surface area contributed by atoms with Crippen LogP contribution in [0.5, 0.6) is 0 Å². The summed E-state index contributed by atoms with van der Waals surface area (Å²) >= 11 is 0. The normalized spacial score (nSPS) is 28.8. The quantitative estimate of drug-likeness (QED) is 0.340. The molecule has 5 nitrogen and oxygen atoms in total. The van der Waals surface area contributed by atoms with Gasteiger partial charge in [-0.1, -0.05) is 36.3 Å². The summed E-state index contributed by atoms with van der Waals surface area (Å²) in [5, 5.41) is 15.1. The molecule has 0 aromatic heterocycles. The Labute approximate surface area is 124 Å². The Morgan fingerprint density at radius 1 is 1.33 bits per heavy atom. The molecule has 1 aromatic carbocycles. The molecule has 5 heteroatoms. The molecule has 2 aliphatic carbocycles. The predicted molar refractivity (Wildman–Crippen MR) is 80.0 cm³/mol. The molecular formula is C16H21N3O2. The van der Waals surface area contributed by atoms with Gasteiger partial charge >= 0.3 is 0 Å². The lowest BCUT2D eigenvalue weighted by molar-refractivity contribution is -0.133. The highest BCUT2D eigenvalue weighted by Gasteiger charge is 2.52. The fraction of sp³-hybridized carbons (Fsp3) is 0.500. The Bertz CT molecular complexity index is 566. The van der Waals surface area contributed by atoms with E-state index >= 15 is 0 Å². The van der Waals surface area contributed by atoms with E-state index in [1.807, 2.05) is 12.1 Å². The second kappa shape index (κ2) is 5.06. The third-order valence-electron chi connectivity index (χ3n) is 4.81. The summed E-state index contributed by atoms with van der Waals surface area (Å²) in [6.07, 6.45) is 3.00. The molecule has 0 saturated heterocycles. The third kappa shape index (κ3) is 2.26. The average Bonchev–Trinajstić information content (AvgIpc) is 2.84. The van der Waals surface area contributed by atoms with Gasteiger partial charge < -0.3 is 16.3 Å². The van der Waals surface area contributed by atoms with Crippen LogP contribution in [-0.2, 0) is 17.6 Å². The summed E-state index contributed by atoms with van der Waals surface area (Å²) in [7, 11) is 0. The number of nitrogens with one attached hydrogen (secondary N) is 1. The zero-order valence-electron chi connectivity index (χ0n) is 12.2. The fourth-order valence-electron chi connectivity index (χ4n) is 3.72. The van der Waals surface area contributed by atoms with Crippen LogP contribution in [0.15, 0.2) is 29.4 Å². The van der Waals surface area contributed by atoms with Gasteiger partial charge in [-0.15, -0.1) is 0 Å². The van der Waals surface area contributed by atoms with Crippen LogP contribution in [0.4, 0.5) is 0 Å². The van der Waals surface area contributed by atoms with Gasteiger partial charge in [0.05, 0.1) is 0 Å². The van der Waals surface area contributed by atoms with Crippen LogP contribution in [0, 0.1) is 11.3 Å². The molecule has 1 amide bonds. The van der Waals surface area contributed by atoms with Crippen molar-refractivity contribution in [3.8, 4) is 0 Å². The lowest BCUT2D eigenvalue weighted by Gasteiger charge is -2.44. The van der Waals surface area contributed by atoms with E-state index in [4.69, 9.17) is 10.9 Å². The van der Waals surface area contributed by atoms with Gasteiger partial charge in [-0.05, 0) is 42.7 Å². The van der Waals surface area contributed by atoms with Crippen molar-refractivity contribution in [2.24, 2.45) is 22.2 Å². The zero-order valence-corrected chi connectivity index (χ0v) is 12.2. The summed E-state index contributed by atoms with van der Waals surface area (Å²) in [5.41, 5.74) is 7.55. The monoisotopic (exact) mass is 287 g/mol. The van der Waals surface area contributed by atoms with Crippen LogP contribution < -0.4 is 11.1 Å². The van der Waals surface area contributed by atoms with E-state index in [0.717, 1.165) is 12.8 Å². The SMILES string of the molecule is CC1CC(C(=O)NC2Cc3ccccc3C2)(/C(N)=N/O)C1. The molecule has 2 aliphatic rings. The van der Waals surface area contributed by atoms with E-state index in [-0.39, 0.29) is 17.8 Å². The first-order valence-electron chi connectivity index (χ1n) is 7.41. The van der Waals surface area contributed by atoms with E-state index < -0.39 is 5.41 Å². The maximum Gasteiger partial charge on any atom is 0.234 e. The molecular weight excluding hydrogens is 266 g/mol. The van der Waals surface area contributed by atoms with Gasteiger partial charge in [0.2, 0.25) is 5.91 Å². The molecule has 0 unspecified atom stereocenters. The zero-order chi connectivity index (χ0) is 15.0. The first-order chi connectivity index (χ1) is 10.0. The van der Waals surface area contributed by atoms with Crippen LogP contribution in [-0.4, -0.2) is 23.0 Å². The minimum Gasteiger partial charge on any atom is -0.409 e. The summed E-state index contributed by atoms with van der Waals surface area (Å²) < 4.78 is 0. The molecule has 1 saturated carbocycles. The van der Waals surface area contributed by atoms with Gasteiger partial charge in [-0.3, -0.25) is 4.79 Å². The number of oxime groups is 1. The number of nitrogens with two attached hydrogens (primary N) is 1. The molecule has 0 bridgehead atoms. The number of amidine groups is 1. The number of carbonyl (C=O) groups is 1. The van der Waals surface area contributed by atoms with Crippen molar-refractivity contribution in [1.82, 2.24) is 5.32 Å². The number of hydrogen-bond acceptors (Lipinski definition) is 3. The Morgan fingerprint density at radius 2 is 1.90 bits per heavy atom. The summed E-state index contributed by atoms with van der Waals surface area (Å²) in [6, 6.07) is 8.36.